The molecule has 86 valence electrons. The zero-order valence-electron chi connectivity index (χ0n) is 7.35. The highest BCUT2D eigenvalue weighted by atomic mass is 19.3. The van der Waals surface area contributed by atoms with Crippen LogP contribution >= 0.6 is 0 Å². The molecule has 1 rings (SSSR count). The third kappa shape index (κ3) is 2.07. The van der Waals surface area contributed by atoms with Crippen LogP contribution in [0.2, 0.25) is 0 Å². The van der Waals surface area contributed by atoms with Gasteiger partial charge in [0.15, 0.2) is 11.4 Å². The average Bonchev–Trinajstić information content (AvgIpc) is 2.15. The number of rotatable bonds is 3. The summed E-state index contributed by atoms with van der Waals surface area (Å²) in [4.78, 5) is 22.1. The number of alkyl halides is 2. The molecule has 0 aliphatic carbocycles. The van der Waals surface area contributed by atoms with E-state index in [9.17, 15) is 28.1 Å². The standard InChI is InChI=1S/C7H3F3N2O4/c8-2-1-3(7(13)14)11-4(6(9)10)5(2)12(15)16/h1,6H,(H,13,14). The van der Waals surface area contributed by atoms with Gasteiger partial charge in [0.1, 0.15) is 0 Å². The predicted molar refractivity (Wildman–Crippen MR) is 42.8 cm³/mol. The second-order valence-corrected chi connectivity index (χ2v) is 2.59. The van der Waals surface area contributed by atoms with Crippen molar-refractivity contribution >= 4 is 11.7 Å². The van der Waals surface area contributed by atoms with Crippen LogP contribution in [0.25, 0.3) is 0 Å². The van der Waals surface area contributed by atoms with Crippen molar-refractivity contribution < 1.29 is 28.0 Å². The van der Waals surface area contributed by atoms with E-state index in [0.29, 0.717) is 0 Å². The van der Waals surface area contributed by atoms with E-state index < -0.39 is 40.2 Å². The van der Waals surface area contributed by atoms with Crippen molar-refractivity contribution in [2.24, 2.45) is 0 Å². The fourth-order valence-electron chi connectivity index (χ4n) is 0.968. The lowest BCUT2D eigenvalue weighted by Gasteiger charge is -2.03. The van der Waals surface area contributed by atoms with Crippen LogP contribution in [0.3, 0.4) is 0 Å². The second kappa shape index (κ2) is 4.13. The number of nitro groups is 1. The van der Waals surface area contributed by atoms with Crippen LogP contribution in [0.1, 0.15) is 22.6 Å². The van der Waals surface area contributed by atoms with Gasteiger partial charge in [-0.05, 0) is 0 Å². The number of carboxylic acid groups (broad SMARTS) is 1. The summed E-state index contributed by atoms with van der Waals surface area (Å²) < 4.78 is 37.6. The molecular weight excluding hydrogens is 233 g/mol. The molecule has 0 aliphatic rings. The molecule has 0 unspecified atom stereocenters. The zero-order chi connectivity index (χ0) is 12.5. The summed E-state index contributed by atoms with van der Waals surface area (Å²) in [5.74, 6) is -3.41. The Balaban J connectivity index is 3.51. The van der Waals surface area contributed by atoms with E-state index >= 15 is 0 Å². The quantitative estimate of drug-likeness (QED) is 0.637. The molecule has 6 nitrogen and oxygen atoms in total. The molecule has 0 aromatic carbocycles. The highest BCUT2D eigenvalue weighted by Gasteiger charge is 2.30. The number of pyridine rings is 1. The van der Waals surface area contributed by atoms with Gasteiger partial charge in [-0.15, -0.1) is 0 Å². The van der Waals surface area contributed by atoms with Crippen LogP contribution in [0.4, 0.5) is 18.9 Å². The molecule has 0 amide bonds. The molecule has 16 heavy (non-hydrogen) atoms. The first-order chi connectivity index (χ1) is 7.34. The molecular formula is C7H3F3N2O4. The van der Waals surface area contributed by atoms with Crippen molar-refractivity contribution in [3.05, 3.63) is 33.4 Å². The van der Waals surface area contributed by atoms with E-state index in [-0.39, 0.29) is 6.07 Å². The van der Waals surface area contributed by atoms with E-state index in [1.165, 1.54) is 0 Å². The number of nitrogens with zero attached hydrogens (tertiary/aromatic N) is 2. The monoisotopic (exact) mass is 236 g/mol. The molecule has 0 fully saturated rings. The lowest BCUT2D eigenvalue weighted by Crippen LogP contribution is -2.09. The Labute approximate surface area is 85.5 Å². The van der Waals surface area contributed by atoms with Gasteiger partial charge in [-0.25, -0.2) is 18.6 Å². The SMILES string of the molecule is O=C(O)c1cc(F)c([N+](=O)[O-])c(C(F)F)n1. The van der Waals surface area contributed by atoms with E-state index in [4.69, 9.17) is 5.11 Å². The molecule has 0 saturated carbocycles. The highest BCUT2D eigenvalue weighted by molar-refractivity contribution is 5.85. The fraction of sp³-hybridized carbons (Fsp3) is 0.143. The topological polar surface area (TPSA) is 93.3 Å². The van der Waals surface area contributed by atoms with Crippen molar-refractivity contribution in [1.82, 2.24) is 4.98 Å². The van der Waals surface area contributed by atoms with Gasteiger partial charge in [-0.3, -0.25) is 10.1 Å². The fourth-order valence-corrected chi connectivity index (χ4v) is 0.968. The first-order valence-corrected chi connectivity index (χ1v) is 3.71. The van der Waals surface area contributed by atoms with Crippen LogP contribution in [0, 0.1) is 15.9 Å². The molecule has 0 spiro atoms. The predicted octanol–water partition coefficient (Wildman–Crippen LogP) is 1.76. The van der Waals surface area contributed by atoms with Gasteiger partial charge in [0.05, 0.1) is 4.92 Å². The molecule has 1 aromatic rings. The summed E-state index contributed by atoms with van der Waals surface area (Å²) in [6, 6.07) is 0.215. The van der Waals surface area contributed by atoms with Gasteiger partial charge in [-0.1, -0.05) is 0 Å². The van der Waals surface area contributed by atoms with Crippen molar-refractivity contribution in [1.29, 1.82) is 0 Å². The summed E-state index contributed by atoms with van der Waals surface area (Å²) in [5.41, 5.74) is -4.03. The van der Waals surface area contributed by atoms with E-state index in [1.54, 1.807) is 0 Å². The molecule has 0 aliphatic heterocycles. The maximum Gasteiger partial charge on any atom is 0.354 e. The number of carboxylic acids is 1. The molecule has 0 atom stereocenters. The number of carbonyl (C=O) groups is 1. The van der Waals surface area contributed by atoms with E-state index in [2.05, 4.69) is 4.98 Å². The van der Waals surface area contributed by atoms with Crippen LogP contribution in [0.5, 0.6) is 0 Å². The van der Waals surface area contributed by atoms with Gasteiger partial charge in [0.2, 0.25) is 5.82 Å². The minimum absolute atomic E-state index is 0.215. The van der Waals surface area contributed by atoms with Crippen LogP contribution < -0.4 is 0 Å². The summed E-state index contributed by atoms with van der Waals surface area (Å²) in [5, 5.41) is 18.7. The number of hydrogen-bond acceptors (Lipinski definition) is 4. The number of aromatic carboxylic acids is 1. The zero-order valence-corrected chi connectivity index (χ0v) is 7.35. The van der Waals surface area contributed by atoms with Crippen molar-refractivity contribution in [3.63, 3.8) is 0 Å². The molecule has 0 saturated heterocycles. The molecule has 0 radical (unpaired) electrons. The molecule has 0 bridgehead atoms. The summed E-state index contributed by atoms with van der Waals surface area (Å²) in [6.45, 7) is 0. The van der Waals surface area contributed by atoms with Crippen molar-refractivity contribution in [2.45, 2.75) is 6.43 Å². The van der Waals surface area contributed by atoms with Gasteiger partial charge in [-0.2, -0.15) is 4.39 Å². The van der Waals surface area contributed by atoms with Gasteiger partial charge in [0, 0.05) is 6.07 Å². The third-order valence-electron chi connectivity index (χ3n) is 1.58. The molecule has 9 heteroatoms. The van der Waals surface area contributed by atoms with Gasteiger partial charge >= 0.3 is 11.7 Å². The summed E-state index contributed by atoms with van der Waals surface area (Å²) in [7, 11) is 0. The first kappa shape index (κ1) is 11.9. The Morgan fingerprint density at radius 3 is 2.50 bits per heavy atom. The van der Waals surface area contributed by atoms with Crippen molar-refractivity contribution in [2.75, 3.05) is 0 Å². The second-order valence-electron chi connectivity index (χ2n) is 2.59. The van der Waals surface area contributed by atoms with Gasteiger partial charge in [0.25, 0.3) is 6.43 Å². The number of halogens is 3. The third-order valence-corrected chi connectivity index (χ3v) is 1.58. The molecule has 1 N–H and O–H groups in total. The summed E-state index contributed by atoms with van der Waals surface area (Å²) in [6.07, 6.45) is -3.44. The lowest BCUT2D eigenvalue weighted by atomic mass is 10.2. The first-order valence-electron chi connectivity index (χ1n) is 3.71. The Morgan fingerprint density at radius 1 is 1.56 bits per heavy atom. The van der Waals surface area contributed by atoms with Gasteiger partial charge < -0.3 is 5.11 Å². The Kier molecular flexibility index (Phi) is 3.06. The smallest absolute Gasteiger partial charge is 0.354 e. The average molecular weight is 236 g/mol. The molecule has 1 aromatic heterocycles. The minimum Gasteiger partial charge on any atom is -0.477 e. The van der Waals surface area contributed by atoms with Crippen LogP contribution in [0.15, 0.2) is 6.07 Å². The lowest BCUT2D eigenvalue weighted by molar-refractivity contribution is -0.389. The number of aromatic nitrogens is 1. The number of hydrogen-bond donors (Lipinski definition) is 1. The maximum atomic E-state index is 13.0. The largest absolute Gasteiger partial charge is 0.477 e. The Bertz CT molecular complexity index is 463. The van der Waals surface area contributed by atoms with Crippen LogP contribution in [-0.4, -0.2) is 21.0 Å². The highest BCUT2D eigenvalue weighted by Crippen LogP contribution is 2.29. The Hall–Kier alpha value is -2.19. The van der Waals surface area contributed by atoms with E-state index in [1.807, 2.05) is 0 Å². The normalized spacial score (nSPS) is 10.5. The maximum absolute atomic E-state index is 13.0. The summed E-state index contributed by atoms with van der Waals surface area (Å²) >= 11 is 0. The molecule has 1 heterocycles. The van der Waals surface area contributed by atoms with Crippen molar-refractivity contribution in [3.8, 4) is 0 Å². The van der Waals surface area contributed by atoms with E-state index in [0.717, 1.165) is 0 Å². The minimum atomic E-state index is -3.44. The Morgan fingerprint density at radius 2 is 2.12 bits per heavy atom. The van der Waals surface area contributed by atoms with Crippen LogP contribution in [-0.2, 0) is 0 Å².